The first-order valence-electron chi connectivity index (χ1n) is 4.06. The number of nitrogens with zero attached hydrogens (tertiary/aromatic N) is 2. The molecule has 2 heterocycles. The van der Waals surface area contributed by atoms with Gasteiger partial charge in [-0.3, -0.25) is 5.73 Å². The summed E-state index contributed by atoms with van der Waals surface area (Å²) in [5.41, 5.74) is 7.86. The van der Waals surface area contributed by atoms with Crippen molar-refractivity contribution in [1.29, 1.82) is 0 Å². The third-order valence-electron chi connectivity index (χ3n) is 1.89. The molecule has 0 radical (unpaired) electrons. The maximum absolute atomic E-state index is 5.83. The highest BCUT2D eigenvalue weighted by atomic mass is 35.5. The van der Waals surface area contributed by atoms with Gasteiger partial charge in [-0.05, 0) is 19.1 Å². The predicted molar refractivity (Wildman–Crippen MR) is 57.8 cm³/mol. The van der Waals surface area contributed by atoms with Gasteiger partial charge in [-0.2, -0.15) is 4.57 Å². The van der Waals surface area contributed by atoms with Crippen molar-refractivity contribution in [2.24, 2.45) is 0 Å². The molecule has 0 bridgehead atoms. The Kier molecular flexibility index (Phi) is 2.39. The number of anilines is 1. The number of nitrogens with two attached hydrogens (primary N) is 1. The zero-order valence-electron chi connectivity index (χ0n) is 7.57. The molecule has 0 aliphatic carbocycles. The summed E-state index contributed by atoms with van der Waals surface area (Å²) in [6.07, 6.45) is 1.71. The fraction of sp³-hybridized carbons (Fsp3) is 0.111. The van der Waals surface area contributed by atoms with Gasteiger partial charge in [0.25, 0.3) is 0 Å². The van der Waals surface area contributed by atoms with Crippen molar-refractivity contribution in [3.63, 3.8) is 0 Å². The second kappa shape index (κ2) is 3.55. The standard InChI is InChI=1S/C9H8ClN3S/c1-6-5-14-9(11)13(6)7-2-3-8(10)12-4-7/h2-5,11H,1H3/p+1. The lowest BCUT2D eigenvalue weighted by Gasteiger charge is -1.98. The summed E-state index contributed by atoms with van der Waals surface area (Å²) < 4.78 is 1.94. The van der Waals surface area contributed by atoms with Gasteiger partial charge in [-0.1, -0.05) is 22.9 Å². The molecule has 0 saturated heterocycles. The molecule has 0 spiro atoms. The van der Waals surface area contributed by atoms with Crippen LogP contribution in [0, 0.1) is 6.92 Å². The van der Waals surface area contributed by atoms with Crippen LogP contribution >= 0.6 is 22.9 Å². The zero-order valence-corrected chi connectivity index (χ0v) is 9.14. The Morgan fingerprint density at radius 3 is 2.79 bits per heavy atom. The zero-order chi connectivity index (χ0) is 10.1. The molecule has 2 rings (SSSR count). The van der Waals surface area contributed by atoms with Crippen molar-refractivity contribution in [3.8, 4) is 5.69 Å². The van der Waals surface area contributed by atoms with E-state index >= 15 is 0 Å². The van der Waals surface area contributed by atoms with Gasteiger partial charge in [-0.25, -0.2) is 4.98 Å². The van der Waals surface area contributed by atoms with E-state index in [9.17, 15) is 0 Å². The number of pyridine rings is 1. The van der Waals surface area contributed by atoms with E-state index in [4.69, 9.17) is 17.3 Å². The minimum absolute atomic E-state index is 0.487. The van der Waals surface area contributed by atoms with Crippen LogP contribution in [0.2, 0.25) is 5.15 Å². The summed E-state index contributed by atoms with van der Waals surface area (Å²) in [5.74, 6) is 0. The molecule has 14 heavy (non-hydrogen) atoms. The predicted octanol–water partition coefficient (Wildman–Crippen LogP) is 1.96. The molecule has 5 heteroatoms. The summed E-state index contributed by atoms with van der Waals surface area (Å²) in [5, 5.41) is 3.23. The fourth-order valence-electron chi connectivity index (χ4n) is 1.26. The molecule has 0 aromatic carbocycles. The fourth-order valence-corrected chi connectivity index (χ4v) is 2.12. The molecule has 72 valence electrons. The van der Waals surface area contributed by atoms with Crippen molar-refractivity contribution in [2.75, 3.05) is 5.73 Å². The highest BCUT2D eigenvalue weighted by molar-refractivity contribution is 7.13. The Bertz CT molecular complexity index is 430. The lowest BCUT2D eigenvalue weighted by atomic mass is 10.4. The average molecular weight is 227 g/mol. The van der Waals surface area contributed by atoms with Gasteiger partial charge in [0.15, 0.2) is 5.69 Å². The SMILES string of the molecule is Cc1csc(N)[n+]1-c1ccc(Cl)nc1. The van der Waals surface area contributed by atoms with Crippen molar-refractivity contribution in [1.82, 2.24) is 4.98 Å². The number of hydrogen-bond acceptors (Lipinski definition) is 3. The topological polar surface area (TPSA) is 42.8 Å². The van der Waals surface area contributed by atoms with Crippen LogP contribution in [0.1, 0.15) is 5.69 Å². The number of aryl methyl sites for hydroxylation is 1. The van der Waals surface area contributed by atoms with Crippen LogP contribution in [0.15, 0.2) is 23.7 Å². The van der Waals surface area contributed by atoms with Crippen molar-refractivity contribution in [2.45, 2.75) is 6.92 Å². The van der Waals surface area contributed by atoms with Crippen LogP contribution in [0.25, 0.3) is 5.69 Å². The summed E-state index contributed by atoms with van der Waals surface area (Å²) in [6.45, 7) is 2.00. The van der Waals surface area contributed by atoms with E-state index in [1.165, 1.54) is 11.3 Å². The molecule has 3 nitrogen and oxygen atoms in total. The molecule has 0 atom stereocenters. The number of halogens is 1. The lowest BCUT2D eigenvalue weighted by molar-refractivity contribution is -0.582. The summed E-state index contributed by atoms with van der Waals surface area (Å²) in [4.78, 5) is 4.01. The van der Waals surface area contributed by atoms with E-state index < -0.39 is 0 Å². The van der Waals surface area contributed by atoms with Gasteiger partial charge in [0.2, 0.25) is 0 Å². The van der Waals surface area contributed by atoms with Crippen molar-refractivity contribution in [3.05, 3.63) is 34.6 Å². The first kappa shape index (κ1) is 9.43. The first-order chi connectivity index (χ1) is 6.68. The Morgan fingerprint density at radius 1 is 1.50 bits per heavy atom. The first-order valence-corrected chi connectivity index (χ1v) is 5.32. The van der Waals surface area contributed by atoms with Gasteiger partial charge in [0, 0.05) is 5.38 Å². The van der Waals surface area contributed by atoms with Crippen LogP contribution in [-0.4, -0.2) is 4.98 Å². The number of aromatic nitrogens is 2. The molecular weight excluding hydrogens is 218 g/mol. The summed E-state index contributed by atoms with van der Waals surface area (Å²) >= 11 is 7.21. The average Bonchev–Trinajstić information content (AvgIpc) is 2.49. The number of nitrogen functional groups attached to an aromatic ring is 1. The molecule has 2 N–H and O–H groups in total. The van der Waals surface area contributed by atoms with Crippen LogP contribution in [0.5, 0.6) is 0 Å². The van der Waals surface area contributed by atoms with E-state index in [1.54, 1.807) is 12.3 Å². The monoisotopic (exact) mass is 226 g/mol. The normalized spacial score (nSPS) is 10.4. The van der Waals surface area contributed by atoms with Gasteiger partial charge in [0.1, 0.15) is 10.8 Å². The van der Waals surface area contributed by atoms with Crippen LogP contribution in [0.4, 0.5) is 5.13 Å². The Morgan fingerprint density at radius 2 is 2.29 bits per heavy atom. The van der Waals surface area contributed by atoms with E-state index in [0.29, 0.717) is 5.15 Å². The van der Waals surface area contributed by atoms with E-state index in [2.05, 4.69) is 4.98 Å². The highest BCUT2D eigenvalue weighted by Gasteiger charge is 2.13. The minimum Gasteiger partial charge on any atom is -0.277 e. The smallest absolute Gasteiger partial charge is 0.277 e. The molecule has 0 unspecified atom stereocenters. The van der Waals surface area contributed by atoms with E-state index in [1.807, 2.05) is 22.9 Å². The van der Waals surface area contributed by atoms with Crippen LogP contribution in [0.3, 0.4) is 0 Å². The van der Waals surface area contributed by atoms with Gasteiger partial charge < -0.3 is 0 Å². The molecule has 0 amide bonds. The van der Waals surface area contributed by atoms with Crippen LogP contribution in [-0.2, 0) is 0 Å². The molecule has 0 aliphatic rings. The van der Waals surface area contributed by atoms with E-state index in [-0.39, 0.29) is 0 Å². The highest BCUT2D eigenvalue weighted by Crippen LogP contribution is 2.13. The number of rotatable bonds is 1. The third-order valence-corrected chi connectivity index (χ3v) is 3.00. The van der Waals surface area contributed by atoms with Crippen molar-refractivity contribution >= 4 is 28.1 Å². The van der Waals surface area contributed by atoms with Gasteiger partial charge in [-0.15, -0.1) is 0 Å². The van der Waals surface area contributed by atoms with Crippen molar-refractivity contribution < 1.29 is 4.57 Å². The number of hydrogen-bond donors (Lipinski definition) is 1. The second-order valence-corrected chi connectivity index (χ2v) is 4.17. The molecule has 0 aliphatic heterocycles. The molecule has 2 aromatic rings. The molecule has 2 aromatic heterocycles. The minimum atomic E-state index is 0.487. The Balaban J connectivity index is 2.54. The number of thiazole rings is 1. The molecule has 0 fully saturated rings. The summed E-state index contributed by atoms with van der Waals surface area (Å²) in [7, 11) is 0. The quantitative estimate of drug-likeness (QED) is 0.597. The maximum atomic E-state index is 5.83. The lowest BCUT2D eigenvalue weighted by Crippen LogP contribution is -2.34. The summed E-state index contributed by atoms with van der Waals surface area (Å²) in [6, 6.07) is 3.64. The largest absolute Gasteiger partial charge is 0.337 e. The molecular formula is C9H9ClN3S+. The van der Waals surface area contributed by atoms with Crippen LogP contribution < -0.4 is 10.3 Å². The third kappa shape index (κ3) is 1.58. The Hall–Kier alpha value is -1.13. The second-order valence-electron chi connectivity index (χ2n) is 2.89. The maximum Gasteiger partial charge on any atom is 0.337 e. The van der Waals surface area contributed by atoms with Gasteiger partial charge in [0.05, 0.1) is 6.20 Å². The molecule has 0 saturated carbocycles. The van der Waals surface area contributed by atoms with E-state index in [0.717, 1.165) is 16.5 Å². The van der Waals surface area contributed by atoms with Gasteiger partial charge >= 0.3 is 5.13 Å². The Labute approximate surface area is 90.8 Å².